The van der Waals surface area contributed by atoms with Crippen molar-refractivity contribution in [2.45, 2.75) is 39.0 Å². The molecule has 2 fully saturated rings. The quantitative estimate of drug-likeness (QED) is 0.852. The Morgan fingerprint density at radius 3 is 2.76 bits per heavy atom. The Balaban J connectivity index is 1.68. The summed E-state index contributed by atoms with van der Waals surface area (Å²) in [5.74, 6) is 0.982. The van der Waals surface area contributed by atoms with Crippen molar-refractivity contribution in [3.63, 3.8) is 0 Å². The van der Waals surface area contributed by atoms with E-state index in [0.29, 0.717) is 23.3 Å². The number of nitrogens with zero attached hydrogens (tertiary/aromatic N) is 2. The van der Waals surface area contributed by atoms with E-state index >= 15 is 0 Å². The molecule has 3 rings (SSSR count). The van der Waals surface area contributed by atoms with Crippen LogP contribution in [0, 0.1) is 17.2 Å². The Labute approximate surface area is 101 Å². The Hall–Kier alpha value is -1.19. The van der Waals surface area contributed by atoms with Crippen LogP contribution in [0.15, 0.2) is 6.33 Å². The molecule has 92 valence electrons. The van der Waals surface area contributed by atoms with Gasteiger partial charge < -0.3 is 5.32 Å². The Morgan fingerprint density at radius 1 is 1.41 bits per heavy atom. The monoisotopic (exact) mass is 235 g/mol. The van der Waals surface area contributed by atoms with Gasteiger partial charge in [-0.2, -0.15) is 0 Å². The molecule has 2 aliphatic rings. The van der Waals surface area contributed by atoms with E-state index in [0.717, 1.165) is 12.5 Å². The SMILES string of the molecule is CCc1ncnc(NCC2(C3CC3)CC2)c1F. The highest BCUT2D eigenvalue weighted by molar-refractivity contribution is 5.38. The standard InChI is InChI=1S/C13H18FN3/c1-2-10-11(14)12(17-8-16-10)15-7-13(5-6-13)9-3-4-9/h8-9H,2-7H2,1H3,(H,15,16,17). The molecule has 0 amide bonds. The minimum atomic E-state index is -0.276. The molecule has 2 aliphatic carbocycles. The van der Waals surface area contributed by atoms with Crippen LogP contribution in [0.1, 0.15) is 38.3 Å². The molecule has 1 heterocycles. The normalized spacial score (nSPS) is 21.3. The first-order valence-corrected chi connectivity index (χ1v) is 6.48. The first-order chi connectivity index (χ1) is 8.25. The minimum Gasteiger partial charge on any atom is -0.367 e. The summed E-state index contributed by atoms with van der Waals surface area (Å²) in [5.41, 5.74) is 0.961. The lowest BCUT2D eigenvalue weighted by molar-refractivity contribution is 0.464. The van der Waals surface area contributed by atoms with E-state index in [4.69, 9.17) is 0 Å². The first-order valence-electron chi connectivity index (χ1n) is 6.48. The molecule has 1 aromatic heterocycles. The van der Waals surface area contributed by atoms with Gasteiger partial charge in [-0.05, 0) is 43.4 Å². The Morgan fingerprint density at radius 2 is 2.18 bits per heavy atom. The molecule has 1 aromatic rings. The number of hydrogen-bond acceptors (Lipinski definition) is 3. The summed E-state index contributed by atoms with van der Waals surface area (Å²) in [7, 11) is 0. The molecular formula is C13H18FN3. The molecule has 0 atom stereocenters. The molecule has 0 aromatic carbocycles. The molecule has 4 heteroatoms. The fourth-order valence-corrected chi connectivity index (χ4v) is 2.62. The highest BCUT2D eigenvalue weighted by Gasteiger charge is 2.53. The molecular weight excluding hydrogens is 217 g/mol. The summed E-state index contributed by atoms with van der Waals surface area (Å²) in [4.78, 5) is 7.94. The second-order valence-corrected chi connectivity index (χ2v) is 5.33. The Bertz CT molecular complexity index is 425. The van der Waals surface area contributed by atoms with Crippen LogP contribution in [0.4, 0.5) is 10.2 Å². The maximum absolute atomic E-state index is 13.9. The number of halogens is 1. The number of aryl methyl sites for hydroxylation is 1. The van der Waals surface area contributed by atoms with E-state index in [1.54, 1.807) is 0 Å². The largest absolute Gasteiger partial charge is 0.367 e. The van der Waals surface area contributed by atoms with Crippen LogP contribution in [0.25, 0.3) is 0 Å². The molecule has 2 saturated carbocycles. The van der Waals surface area contributed by atoms with Gasteiger partial charge in [-0.3, -0.25) is 0 Å². The third-order valence-corrected chi connectivity index (χ3v) is 4.14. The third-order valence-electron chi connectivity index (χ3n) is 4.14. The van der Waals surface area contributed by atoms with E-state index < -0.39 is 0 Å². The maximum atomic E-state index is 13.9. The molecule has 0 unspecified atom stereocenters. The zero-order valence-corrected chi connectivity index (χ0v) is 10.2. The van der Waals surface area contributed by atoms with Crippen molar-refractivity contribution >= 4 is 5.82 Å². The molecule has 0 saturated heterocycles. The number of nitrogens with one attached hydrogen (secondary N) is 1. The van der Waals surface area contributed by atoms with Crippen molar-refractivity contribution < 1.29 is 4.39 Å². The summed E-state index contributed by atoms with van der Waals surface area (Å²) >= 11 is 0. The lowest BCUT2D eigenvalue weighted by Crippen LogP contribution is -2.19. The van der Waals surface area contributed by atoms with Gasteiger partial charge in [0.25, 0.3) is 0 Å². The number of hydrogen-bond donors (Lipinski definition) is 1. The Kier molecular flexibility index (Phi) is 2.53. The zero-order chi connectivity index (χ0) is 11.9. The smallest absolute Gasteiger partial charge is 0.186 e. The molecule has 0 spiro atoms. The van der Waals surface area contributed by atoms with Crippen LogP contribution in [-0.4, -0.2) is 16.5 Å². The average Bonchev–Trinajstić information content (AvgIpc) is 3.19. The molecule has 3 nitrogen and oxygen atoms in total. The van der Waals surface area contributed by atoms with Gasteiger partial charge in [0.1, 0.15) is 6.33 Å². The summed E-state index contributed by atoms with van der Waals surface area (Å²) in [5, 5.41) is 3.19. The van der Waals surface area contributed by atoms with Gasteiger partial charge in [0, 0.05) is 6.54 Å². The molecule has 1 N–H and O–H groups in total. The average molecular weight is 235 g/mol. The van der Waals surface area contributed by atoms with Gasteiger partial charge >= 0.3 is 0 Å². The van der Waals surface area contributed by atoms with Gasteiger partial charge in [-0.15, -0.1) is 0 Å². The fourth-order valence-electron chi connectivity index (χ4n) is 2.62. The number of rotatable bonds is 5. The van der Waals surface area contributed by atoms with Crippen LogP contribution in [0.2, 0.25) is 0 Å². The van der Waals surface area contributed by atoms with Crippen molar-refractivity contribution in [1.29, 1.82) is 0 Å². The predicted octanol–water partition coefficient (Wildman–Crippen LogP) is 2.78. The van der Waals surface area contributed by atoms with Gasteiger partial charge in [0.2, 0.25) is 0 Å². The van der Waals surface area contributed by atoms with Crippen molar-refractivity contribution in [3.8, 4) is 0 Å². The van der Waals surface area contributed by atoms with E-state index in [1.165, 1.54) is 32.0 Å². The van der Waals surface area contributed by atoms with Crippen molar-refractivity contribution in [2.24, 2.45) is 11.3 Å². The highest BCUT2D eigenvalue weighted by atomic mass is 19.1. The van der Waals surface area contributed by atoms with Crippen LogP contribution >= 0.6 is 0 Å². The van der Waals surface area contributed by atoms with Crippen molar-refractivity contribution in [2.75, 3.05) is 11.9 Å². The van der Waals surface area contributed by atoms with E-state index in [1.807, 2.05) is 6.92 Å². The van der Waals surface area contributed by atoms with Gasteiger partial charge in [-0.1, -0.05) is 6.92 Å². The molecule has 17 heavy (non-hydrogen) atoms. The predicted molar refractivity (Wildman–Crippen MR) is 64.2 cm³/mol. The summed E-state index contributed by atoms with van der Waals surface area (Å²) in [6.07, 6.45) is 7.34. The summed E-state index contributed by atoms with van der Waals surface area (Å²) < 4.78 is 13.9. The van der Waals surface area contributed by atoms with Crippen LogP contribution in [0.3, 0.4) is 0 Å². The lowest BCUT2D eigenvalue weighted by Gasteiger charge is -2.16. The minimum absolute atomic E-state index is 0.276. The van der Waals surface area contributed by atoms with Crippen LogP contribution < -0.4 is 5.32 Å². The van der Waals surface area contributed by atoms with E-state index in [2.05, 4.69) is 15.3 Å². The van der Waals surface area contributed by atoms with Crippen LogP contribution in [0.5, 0.6) is 0 Å². The maximum Gasteiger partial charge on any atom is 0.186 e. The van der Waals surface area contributed by atoms with Crippen molar-refractivity contribution in [1.82, 2.24) is 9.97 Å². The molecule has 0 radical (unpaired) electrons. The van der Waals surface area contributed by atoms with E-state index in [-0.39, 0.29) is 5.82 Å². The lowest BCUT2D eigenvalue weighted by atomic mass is 10.0. The number of anilines is 1. The summed E-state index contributed by atoms with van der Waals surface area (Å²) in [6.45, 7) is 2.77. The fraction of sp³-hybridized carbons (Fsp3) is 0.692. The van der Waals surface area contributed by atoms with Crippen LogP contribution in [-0.2, 0) is 6.42 Å². The zero-order valence-electron chi connectivity index (χ0n) is 10.2. The highest BCUT2D eigenvalue weighted by Crippen LogP contribution is 2.61. The second kappa shape index (κ2) is 3.93. The van der Waals surface area contributed by atoms with Gasteiger partial charge in [0.05, 0.1) is 5.69 Å². The van der Waals surface area contributed by atoms with E-state index in [9.17, 15) is 4.39 Å². The summed E-state index contributed by atoms with van der Waals surface area (Å²) in [6, 6.07) is 0. The van der Waals surface area contributed by atoms with Gasteiger partial charge in [-0.25, -0.2) is 14.4 Å². The van der Waals surface area contributed by atoms with Crippen molar-refractivity contribution in [3.05, 3.63) is 17.8 Å². The second-order valence-electron chi connectivity index (χ2n) is 5.33. The number of aromatic nitrogens is 2. The molecule has 0 bridgehead atoms. The first kappa shape index (κ1) is 10.9. The van der Waals surface area contributed by atoms with Gasteiger partial charge in [0.15, 0.2) is 11.6 Å². The molecule has 0 aliphatic heterocycles. The third kappa shape index (κ3) is 2.01. The topological polar surface area (TPSA) is 37.8 Å².